The van der Waals surface area contributed by atoms with Crippen LogP contribution in [0.25, 0.3) is 0 Å². The van der Waals surface area contributed by atoms with Crippen molar-refractivity contribution in [2.75, 3.05) is 17.2 Å². The molecule has 0 atom stereocenters. The van der Waals surface area contributed by atoms with Gasteiger partial charge >= 0.3 is 6.18 Å². The van der Waals surface area contributed by atoms with Gasteiger partial charge in [0.05, 0.1) is 10.5 Å². The van der Waals surface area contributed by atoms with E-state index >= 15 is 0 Å². The summed E-state index contributed by atoms with van der Waals surface area (Å²) >= 11 is 1.63. The van der Waals surface area contributed by atoms with E-state index in [0.29, 0.717) is 21.8 Å². The Morgan fingerprint density at radius 3 is 2.63 bits per heavy atom. The van der Waals surface area contributed by atoms with Gasteiger partial charge in [-0.3, -0.25) is 29.4 Å². The number of thiazole rings is 1. The SMILES string of the molecule is O=C(/C=C1\SC(=O)N(CC(=O)Nc2cccc(C(F)(F)F)c2)C1=O)Nc1nccs1. The van der Waals surface area contributed by atoms with E-state index in [-0.39, 0.29) is 10.6 Å². The molecule has 156 valence electrons. The Hall–Kier alpha value is -3.19. The zero-order valence-electron chi connectivity index (χ0n) is 14.7. The second kappa shape index (κ2) is 8.67. The third-order valence-electron chi connectivity index (χ3n) is 3.57. The third kappa shape index (κ3) is 5.24. The second-order valence-electron chi connectivity index (χ2n) is 5.72. The Labute approximate surface area is 175 Å². The molecule has 0 radical (unpaired) electrons. The van der Waals surface area contributed by atoms with E-state index in [2.05, 4.69) is 15.6 Å². The van der Waals surface area contributed by atoms with Crippen LogP contribution < -0.4 is 10.6 Å². The predicted octanol–water partition coefficient (Wildman–Crippen LogP) is 3.32. The molecule has 0 saturated carbocycles. The summed E-state index contributed by atoms with van der Waals surface area (Å²) in [6.07, 6.45) is -2.20. The number of nitrogens with one attached hydrogen (secondary N) is 2. The number of thioether (sulfide) groups is 1. The van der Waals surface area contributed by atoms with E-state index < -0.39 is 41.2 Å². The van der Waals surface area contributed by atoms with Crippen molar-refractivity contribution < 1.29 is 32.3 Å². The van der Waals surface area contributed by atoms with Gasteiger partial charge in [-0.1, -0.05) is 6.07 Å². The van der Waals surface area contributed by atoms with Gasteiger partial charge < -0.3 is 5.32 Å². The van der Waals surface area contributed by atoms with Crippen LogP contribution in [0.2, 0.25) is 0 Å². The summed E-state index contributed by atoms with van der Waals surface area (Å²) in [5.74, 6) is -2.41. The van der Waals surface area contributed by atoms with Crippen LogP contribution in [-0.2, 0) is 20.6 Å². The van der Waals surface area contributed by atoms with E-state index in [1.54, 1.807) is 5.38 Å². The average molecular weight is 456 g/mol. The fourth-order valence-electron chi connectivity index (χ4n) is 2.30. The summed E-state index contributed by atoms with van der Waals surface area (Å²) < 4.78 is 38.2. The quantitative estimate of drug-likeness (QED) is 0.669. The number of anilines is 2. The fraction of sp³-hybridized carbons (Fsp3) is 0.118. The zero-order valence-corrected chi connectivity index (χ0v) is 16.4. The van der Waals surface area contributed by atoms with Crippen LogP contribution in [-0.4, -0.2) is 39.4 Å². The number of hydrogen-bond acceptors (Lipinski definition) is 7. The molecule has 2 aromatic rings. The monoisotopic (exact) mass is 456 g/mol. The molecule has 30 heavy (non-hydrogen) atoms. The van der Waals surface area contributed by atoms with Crippen molar-refractivity contribution in [3.05, 3.63) is 52.4 Å². The molecule has 13 heteroatoms. The first-order valence-electron chi connectivity index (χ1n) is 8.06. The minimum atomic E-state index is -4.59. The van der Waals surface area contributed by atoms with Crippen LogP contribution in [0.1, 0.15) is 5.56 Å². The predicted molar refractivity (Wildman–Crippen MR) is 104 cm³/mol. The van der Waals surface area contributed by atoms with Gasteiger partial charge in [0.2, 0.25) is 5.91 Å². The van der Waals surface area contributed by atoms with Crippen LogP contribution in [0, 0.1) is 0 Å². The van der Waals surface area contributed by atoms with Gasteiger partial charge in [-0.05, 0) is 30.0 Å². The summed E-state index contributed by atoms with van der Waals surface area (Å²) in [5, 5.41) is 5.77. The molecule has 1 aromatic heterocycles. The number of amides is 4. The normalized spacial score (nSPS) is 15.6. The first-order chi connectivity index (χ1) is 14.1. The van der Waals surface area contributed by atoms with E-state index in [4.69, 9.17) is 0 Å². The maximum atomic E-state index is 12.7. The minimum Gasteiger partial charge on any atom is -0.325 e. The van der Waals surface area contributed by atoms with Crippen molar-refractivity contribution in [2.45, 2.75) is 6.18 Å². The van der Waals surface area contributed by atoms with E-state index in [1.165, 1.54) is 12.3 Å². The smallest absolute Gasteiger partial charge is 0.325 e. The molecule has 1 aliphatic heterocycles. The number of benzene rings is 1. The van der Waals surface area contributed by atoms with Crippen molar-refractivity contribution in [1.82, 2.24) is 9.88 Å². The van der Waals surface area contributed by atoms with E-state index in [1.807, 2.05) is 0 Å². The van der Waals surface area contributed by atoms with Crippen molar-refractivity contribution in [2.24, 2.45) is 0 Å². The number of nitrogens with zero attached hydrogens (tertiary/aromatic N) is 2. The third-order valence-corrected chi connectivity index (χ3v) is 5.17. The molecular weight excluding hydrogens is 445 g/mol. The van der Waals surface area contributed by atoms with Gasteiger partial charge in [0, 0.05) is 23.3 Å². The minimum absolute atomic E-state index is 0.139. The molecule has 1 aromatic carbocycles. The molecule has 3 rings (SSSR count). The molecule has 0 bridgehead atoms. The Kier molecular flexibility index (Phi) is 6.22. The summed E-state index contributed by atoms with van der Waals surface area (Å²) in [6.45, 7) is -0.716. The highest BCUT2D eigenvalue weighted by Crippen LogP contribution is 2.32. The van der Waals surface area contributed by atoms with Gasteiger partial charge in [-0.2, -0.15) is 13.2 Å². The van der Waals surface area contributed by atoms with Crippen LogP contribution in [0.5, 0.6) is 0 Å². The van der Waals surface area contributed by atoms with Crippen LogP contribution in [0.15, 0.2) is 46.8 Å². The average Bonchev–Trinajstić information content (AvgIpc) is 3.25. The summed E-state index contributed by atoms with van der Waals surface area (Å²) in [6, 6.07) is 3.92. The first kappa shape index (κ1) is 21.5. The molecule has 0 aliphatic carbocycles. The van der Waals surface area contributed by atoms with E-state index in [0.717, 1.165) is 35.6 Å². The molecule has 2 heterocycles. The fourth-order valence-corrected chi connectivity index (χ4v) is 3.64. The first-order valence-corrected chi connectivity index (χ1v) is 9.76. The van der Waals surface area contributed by atoms with Crippen molar-refractivity contribution in [3.8, 4) is 0 Å². The highest BCUT2D eigenvalue weighted by Gasteiger charge is 2.37. The van der Waals surface area contributed by atoms with Gasteiger partial charge in [0.1, 0.15) is 6.54 Å². The number of alkyl halides is 3. The number of aromatic nitrogens is 1. The van der Waals surface area contributed by atoms with Crippen molar-refractivity contribution in [1.29, 1.82) is 0 Å². The van der Waals surface area contributed by atoms with Crippen LogP contribution in [0.4, 0.5) is 28.8 Å². The van der Waals surface area contributed by atoms with Crippen LogP contribution in [0.3, 0.4) is 0 Å². The van der Waals surface area contributed by atoms with Crippen molar-refractivity contribution in [3.63, 3.8) is 0 Å². The number of hydrogen-bond donors (Lipinski definition) is 2. The molecule has 1 aliphatic rings. The summed E-state index contributed by atoms with van der Waals surface area (Å²) in [7, 11) is 0. The largest absolute Gasteiger partial charge is 0.416 e. The van der Waals surface area contributed by atoms with Gasteiger partial charge in [0.15, 0.2) is 5.13 Å². The molecule has 0 unspecified atom stereocenters. The highest BCUT2D eigenvalue weighted by molar-refractivity contribution is 8.18. The number of rotatable bonds is 5. The lowest BCUT2D eigenvalue weighted by Crippen LogP contribution is -2.36. The number of imide groups is 1. The summed E-state index contributed by atoms with van der Waals surface area (Å²) in [5.41, 5.74) is -1.10. The molecule has 0 spiro atoms. The molecular formula is C17H11F3N4O4S2. The lowest BCUT2D eigenvalue weighted by molar-refractivity contribution is -0.137. The number of halogens is 3. The number of carbonyl (C=O) groups excluding carboxylic acids is 4. The van der Waals surface area contributed by atoms with Crippen molar-refractivity contribution >= 4 is 56.9 Å². The Morgan fingerprint density at radius 2 is 1.97 bits per heavy atom. The standard InChI is InChI=1S/C17H11F3N4O4S2/c18-17(19,20)9-2-1-3-10(6-9)22-13(26)8-24-14(27)11(30-16(24)28)7-12(25)23-15-21-4-5-29-15/h1-7H,8H2,(H,22,26)(H,21,23,25)/b11-7-. The molecule has 1 fully saturated rings. The molecule has 2 N–H and O–H groups in total. The van der Waals surface area contributed by atoms with Gasteiger partial charge in [0.25, 0.3) is 17.1 Å². The maximum absolute atomic E-state index is 12.7. The van der Waals surface area contributed by atoms with Gasteiger partial charge in [-0.25, -0.2) is 4.98 Å². The van der Waals surface area contributed by atoms with Crippen LogP contribution >= 0.6 is 23.1 Å². The highest BCUT2D eigenvalue weighted by atomic mass is 32.2. The summed E-state index contributed by atoms with van der Waals surface area (Å²) in [4.78, 5) is 52.6. The topological polar surface area (TPSA) is 108 Å². The Balaban J connectivity index is 1.63. The number of carbonyl (C=O) groups is 4. The lowest BCUT2D eigenvalue weighted by atomic mass is 10.2. The second-order valence-corrected chi connectivity index (χ2v) is 7.61. The lowest BCUT2D eigenvalue weighted by Gasteiger charge is -2.13. The van der Waals surface area contributed by atoms with E-state index in [9.17, 15) is 32.3 Å². The molecule has 4 amide bonds. The van der Waals surface area contributed by atoms with Gasteiger partial charge in [-0.15, -0.1) is 11.3 Å². The Morgan fingerprint density at radius 1 is 1.20 bits per heavy atom. The molecule has 8 nitrogen and oxygen atoms in total. The maximum Gasteiger partial charge on any atom is 0.416 e. The zero-order chi connectivity index (χ0) is 21.9. The Bertz CT molecular complexity index is 1040. The molecule has 1 saturated heterocycles.